The molecule has 4 nitrogen and oxygen atoms in total. The van der Waals surface area contributed by atoms with E-state index in [-0.39, 0.29) is 17.9 Å². The Morgan fingerprint density at radius 2 is 1.88 bits per heavy atom. The van der Waals surface area contributed by atoms with Crippen LogP contribution in [-0.2, 0) is 11.2 Å². The van der Waals surface area contributed by atoms with Gasteiger partial charge in [-0.3, -0.25) is 9.59 Å². The van der Waals surface area contributed by atoms with Gasteiger partial charge in [0.25, 0.3) is 5.91 Å². The first-order valence-corrected chi connectivity index (χ1v) is 12.8. The van der Waals surface area contributed by atoms with E-state index in [1.807, 2.05) is 40.4 Å². The summed E-state index contributed by atoms with van der Waals surface area (Å²) in [5.41, 5.74) is 2.58. The Kier molecular flexibility index (Phi) is 7.80. The Labute approximate surface area is 195 Å². The number of amides is 2. The van der Waals surface area contributed by atoms with Crippen LogP contribution >= 0.6 is 11.3 Å². The normalized spacial score (nSPS) is 18.2. The van der Waals surface area contributed by atoms with Crippen molar-refractivity contribution in [1.29, 1.82) is 0 Å². The molecule has 2 aromatic rings. The van der Waals surface area contributed by atoms with Crippen LogP contribution in [0, 0.1) is 5.92 Å². The molecule has 1 aliphatic heterocycles. The van der Waals surface area contributed by atoms with Gasteiger partial charge in [-0.15, -0.1) is 11.3 Å². The molecule has 0 N–H and O–H groups in total. The second kappa shape index (κ2) is 11.0. The third kappa shape index (κ3) is 5.69. The molecular weight excluding hydrogens is 416 g/mol. The van der Waals surface area contributed by atoms with Gasteiger partial charge in [0.1, 0.15) is 0 Å². The fourth-order valence-electron chi connectivity index (χ4n) is 5.10. The quantitative estimate of drug-likeness (QED) is 0.518. The van der Waals surface area contributed by atoms with E-state index in [9.17, 15) is 9.59 Å². The lowest BCUT2D eigenvalue weighted by Gasteiger charge is -2.40. The van der Waals surface area contributed by atoms with Gasteiger partial charge >= 0.3 is 0 Å². The highest BCUT2D eigenvalue weighted by Gasteiger charge is 2.33. The van der Waals surface area contributed by atoms with Crippen LogP contribution in [0.1, 0.15) is 60.2 Å². The number of likely N-dealkylation sites (tertiary alicyclic amines) is 1. The first-order chi connectivity index (χ1) is 15.6. The van der Waals surface area contributed by atoms with Crippen LogP contribution < -0.4 is 0 Å². The minimum Gasteiger partial charge on any atom is -0.342 e. The summed E-state index contributed by atoms with van der Waals surface area (Å²) in [5, 5.41) is 1.96. The minimum atomic E-state index is 0.101. The molecule has 2 heterocycles. The first kappa shape index (κ1) is 22.8. The van der Waals surface area contributed by atoms with Crippen LogP contribution in [0.25, 0.3) is 0 Å². The maximum atomic E-state index is 13.1. The van der Waals surface area contributed by atoms with Crippen molar-refractivity contribution >= 4 is 23.2 Å². The molecule has 0 bridgehead atoms. The zero-order chi connectivity index (χ0) is 22.3. The number of carbonyl (C=O) groups excluding carboxylic acids is 2. The van der Waals surface area contributed by atoms with Gasteiger partial charge in [-0.1, -0.05) is 48.0 Å². The minimum absolute atomic E-state index is 0.101. The molecule has 1 saturated heterocycles. The van der Waals surface area contributed by atoms with Crippen LogP contribution in [0.15, 0.2) is 59.5 Å². The predicted molar refractivity (Wildman–Crippen MR) is 131 cm³/mol. The van der Waals surface area contributed by atoms with Crippen LogP contribution in [-0.4, -0.2) is 47.8 Å². The highest BCUT2D eigenvalue weighted by atomic mass is 32.1. The standard InChI is InChI=1S/C27H34N2O2S/c1-28(27(31)25-13-8-18-32-25)24(19-21-9-4-2-5-10-21)23-14-16-29(17-15-23)26(30)20-22-11-6-3-7-12-22/h2,4-5,8-11,13,18,23-24H,3,6-7,12,14-17,19-20H2,1H3. The van der Waals surface area contributed by atoms with Gasteiger partial charge in [0, 0.05) is 32.6 Å². The van der Waals surface area contributed by atoms with Crippen LogP contribution in [0.4, 0.5) is 0 Å². The molecule has 0 radical (unpaired) electrons. The number of nitrogens with zero attached hydrogens (tertiary/aromatic N) is 2. The highest BCUT2D eigenvalue weighted by molar-refractivity contribution is 7.12. The summed E-state index contributed by atoms with van der Waals surface area (Å²) in [7, 11) is 1.95. The molecule has 170 valence electrons. The molecule has 1 aliphatic carbocycles. The van der Waals surface area contributed by atoms with Gasteiger partial charge in [0.05, 0.1) is 4.88 Å². The lowest BCUT2D eigenvalue weighted by molar-refractivity contribution is -0.132. The molecule has 0 spiro atoms. The van der Waals surface area contributed by atoms with Crippen LogP contribution in [0.3, 0.4) is 0 Å². The van der Waals surface area contributed by atoms with E-state index in [2.05, 4.69) is 30.3 Å². The summed E-state index contributed by atoms with van der Waals surface area (Å²) in [4.78, 5) is 30.8. The van der Waals surface area contributed by atoms with Crippen molar-refractivity contribution in [3.63, 3.8) is 0 Å². The Balaban J connectivity index is 1.41. The molecule has 5 heteroatoms. The fourth-order valence-corrected chi connectivity index (χ4v) is 5.81. The number of piperidine rings is 1. The van der Waals surface area contributed by atoms with E-state index in [0.717, 1.165) is 50.1 Å². The van der Waals surface area contributed by atoms with Gasteiger partial charge in [-0.2, -0.15) is 0 Å². The number of carbonyl (C=O) groups is 2. The molecule has 2 amide bonds. The Hall–Kier alpha value is -2.40. The Morgan fingerprint density at radius 1 is 1.09 bits per heavy atom. The topological polar surface area (TPSA) is 40.6 Å². The number of likely N-dealkylation sites (N-methyl/N-ethyl adjacent to an activating group) is 1. The lowest BCUT2D eigenvalue weighted by Crippen LogP contribution is -2.48. The van der Waals surface area contributed by atoms with Gasteiger partial charge in [0.15, 0.2) is 0 Å². The van der Waals surface area contributed by atoms with Crippen LogP contribution in [0.5, 0.6) is 0 Å². The third-order valence-electron chi connectivity index (χ3n) is 7.04. The summed E-state index contributed by atoms with van der Waals surface area (Å²) >= 11 is 1.50. The Morgan fingerprint density at radius 3 is 2.53 bits per heavy atom. The molecule has 1 atom stereocenters. The zero-order valence-corrected chi connectivity index (χ0v) is 19.9. The van der Waals surface area contributed by atoms with Crippen molar-refractivity contribution in [2.24, 2.45) is 5.92 Å². The second-order valence-corrected chi connectivity index (χ2v) is 10.1. The smallest absolute Gasteiger partial charge is 0.263 e. The molecule has 0 saturated carbocycles. The lowest BCUT2D eigenvalue weighted by atomic mass is 9.84. The molecule has 32 heavy (non-hydrogen) atoms. The predicted octanol–water partition coefficient (Wildman–Crippen LogP) is 5.56. The SMILES string of the molecule is CN(C(=O)c1cccs1)C(Cc1ccccc1)C1CCN(C(=O)CC2=CCCCC2)CC1. The number of allylic oxidation sites excluding steroid dienone is 1. The van der Waals surface area contributed by atoms with Crippen LogP contribution in [0.2, 0.25) is 0 Å². The molecule has 1 aromatic heterocycles. The van der Waals surface area contributed by atoms with Crippen molar-refractivity contribution < 1.29 is 9.59 Å². The highest BCUT2D eigenvalue weighted by Crippen LogP contribution is 2.29. The van der Waals surface area contributed by atoms with Crippen molar-refractivity contribution in [3.05, 3.63) is 69.9 Å². The number of hydrogen-bond donors (Lipinski definition) is 0. The third-order valence-corrected chi connectivity index (χ3v) is 7.90. The molecule has 1 aromatic carbocycles. The van der Waals surface area contributed by atoms with E-state index in [1.54, 1.807) is 0 Å². The van der Waals surface area contributed by atoms with Gasteiger partial charge in [-0.05, 0) is 67.9 Å². The average Bonchev–Trinajstić information content (AvgIpc) is 3.38. The van der Waals surface area contributed by atoms with Crippen molar-refractivity contribution in [1.82, 2.24) is 9.80 Å². The molecular formula is C27H34N2O2S. The van der Waals surface area contributed by atoms with E-state index < -0.39 is 0 Å². The van der Waals surface area contributed by atoms with Crippen molar-refractivity contribution in [2.75, 3.05) is 20.1 Å². The Bertz CT molecular complexity index is 914. The maximum Gasteiger partial charge on any atom is 0.263 e. The number of thiophene rings is 1. The summed E-state index contributed by atoms with van der Waals surface area (Å²) < 4.78 is 0. The van der Waals surface area contributed by atoms with Gasteiger partial charge in [-0.25, -0.2) is 0 Å². The fraction of sp³-hybridized carbons (Fsp3) is 0.481. The molecule has 4 rings (SSSR count). The summed E-state index contributed by atoms with van der Waals surface area (Å²) in [6.07, 6.45) is 10.3. The first-order valence-electron chi connectivity index (χ1n) is 11.9. The van der Waals surface area contributed by atoms with E-state index in [0.29, 0.717) is 12.3 Å². The second-order valence-electron chi connectivity index (χ2n) is 9.15. The van der Waals surface area contributed by atoms with E-state index >= 15 is 0 Å². The average molecular weight is 451 g/mol. The summed E-state index contributed by atoms with van der Waals surface area (Å²) in [6, 6.07) is 14.4. The van der Waals surface area contributed by atoms with Gasteiger partial charge < -0.3 is 9.80 Å². The number of benzene rings is 1. The molecule has 1 fully saturated rings. The zero-order valence-electron chi connectivity index (χ0n) is 19.0. The molecule has 1 unspecified atom stereocenters. The monoisotopic (exact) mass is 450 g/mol. The van der Waals surface area contributed by atoms with Crippen molar-refractivity contribution in [2.45, 2.75) is 57.4 Å². The summed E-state index contributed by atoms with van der Waals surface area (Å²) in [6.45, 7) is 1.59. The number of hydrogen-bond acceptors (Lipinski definition) is 3. The maximum absolute atomic E-state index is 13.1. The number of rotatable bonds is 7. The van der Waals surface area contributed by atoms with E-state index in [1.165, 1.54) is 35.3 Å². The van der Waals surface area contributed by atoms with E-state index in [4.69, 9.17) is 0 Å². The molecule has 2 aliphatic rings. The van der Waals surface area contributed by atoms with Gasteiger partial charge in [0.2, 0.25) is 5.91 Å². The largest absolute Gasteiger partial charge is 0.342 e. The summed E-state index contributed by atoms with van der Waals surface area (Å²) in [5.74, 6) is 0.768. The van der Waals surface area contributed by atoms with Crippen molar-refractivity contribution in [3.8, 4) is 0 Å².